The van der Waals surface area contributed by atoms with E-state index in [-0.39, 0.29) is 0 Å². The van der Waals surface area contributed by atoms with Crippen molar-refractivity contribution >= 4 is 27.8 Å². The van der Waals surface area contributed by atoms with Gasteiger partial charge in [0.2, 0.25) is 0 Å². The van der Waals surface area contributed by atoms with Gasteiger partial charge in [0.25, 0.3) is 0 Å². The van der Waals surface area contributed by atoms with Crippen LogP contribution < -0.4 is 9.64 Å². The van der Waals surface area contributed by atoms with Gasteiger partial charge in [-0.2, -0.15) is 0 Å². The van der Waals surface area contributed by atoms with E-state index in [1.54, 1.807) is 0 Å². The summed E-state index contributed by atoms with van der Waals surface area (Å²) in [6.45, 7) is 0. The van der Waals surface area contributed by atoms with Crippen LogP contribution in [-0.4, -0.2) is 24.9 Å². The second-order valence-corrected chi connectivity index (χ2v) is 18.8. The third kappa shape index (κ3) is 6.22. The van der Waals surface area contributed by atoms with Gasteiger partial charge in [0.1, 0.15) is 0 Å². The van der Waals surface area contributed by atoms with Crippen molar-refractivity contribution in [3.05, 3.63) is 266 Å². The summed E-state index contributed by atoms with van der Waals surface area (Å²) in [6, 6.07) is 73.5. The normalized spacial score (nSPS) is 14.4. The number of nitrogens with zero attached hydrogens (tertiary/aromatic N) is 6. The molecule has 5 aromatic heterocycles. The number of fused-ring (bicyclic) bond motifs is 14. The van der Waals surface area contributed by atoms with E-state index in [1.807, 2.05) is 61.4 Å². The van der Waals surface area contributed by atoms with Crippen LogP contribution in [0.3, 0.4) is 0 Å². The highest BCUT2D eigenvalue weighted by Crippen LogP contribution is 2.66. The van der Waals surface area contributed by atoms with Crippen molar-refractivity contribution in [2.45, 2.75) is 5.41 Å². The molecule has 12 aromatic rings. The lowest BCUT2D eigenvalue weighted by Crippen LogP contribution is -2.26. The molecule has 7 heteroatoms. The lowest BCUT2D eigenvalue weighted by molar-refractivity contribution is 0.478. The Balaban J connectivity index is 0.901. The first-order valence-electron chi connectivity index (χ1n) is 24.5. The lowest BCUT2D eigenvalue weighted by atomic mass is 9.70. The van der Waals surface area contributed by atoms with Gasteiger partial charge in [-0.15, -0.1) is 0 Å². The Labute approximate surface area is 421 Å². The number of rotatable bonds is 6. The summed E-state index contributed by atoms with van der Waals surface area (Å²) in [6.07, 6.45) is 11.1. The molecule has 0 saturated heterocycles. The van der Waals surface area contributed by atoms with Gasteiger partial charge >= 0.3 is 0 Å². The zero-order chi connectivity index (χ0) is 48.0. The number of hydrogen-bond acceptors (Lipinski definition) is 7. The van der Waals surface area contributed by atoms with E-state index in [1.165, 1.54) is 21.9 Å². The van der Waals surface area contributed by atoms with Crippen LogP contribution in [0, 0.1) is 0 Å². The molecule has 7 nitrogen and oxygen atoms in total. The predicted molar refractivity (Wildman–Crippen MR) is 291 cm³/mol. The largest absolute Gasteiger partial charge is 0.452 e. The molecule has 0 radical (unpaired) electrons. The molecule has 0 N–H and O–H groups in total. The topological polar surface area (TPSA) is 76.9 Å². The Morgan fingerprint density at radius 1 is 0.397 bits per heavy atom. The standard InChI is InChI=1S/C66H40N6O/c1-2-17-50-41(11-1)12-9-19-51(50)46-15-8-16-49(36-46)72-59-22-5-6-23-61(59)73-65-60(72)25-24-54-62(65)52-18-3-4-20-53(52)66(54)55-21-10-30-69-63(55)64-56(66)37-48(40-70-64)45-14-7-13-44(35-45)47-38-57(42-26-31-67-32-27-42)71-58(39-47)43-28-33-68-34-29-43/h1-40H. The Morgan fingerprint density at radius 3 is 1.92 bits per heavy atom. The number of anilines is 3. The first-order valence-corrected chi connectivity index (χ1v) is 24.5. The number of benzene rings is 7. The van der Waals surface area contributed by atoms with Gasteiger partial charge in [-0.3, -0.25) is 19.9 Å². The zero-order valence-corrected chi connectivity index (χ0v) is 39.2. The average Bonchev–Trinajstić information content (AvgIpc) is 3.95. The van der Waals surface area contributed by atoms with Crippen molar-refractivity contribution in [2.75, 3.05) is 4.90 Å². The molecule has 15 rings (SSSR count). The van der Waals surface area contributed by atoms with Crippen molar-refractivity contribution in [2.24, 2.45) is 0 Å². The van der Waals surface area contributed by atoms with Crippen LogP contribution in [0.2, 0.25) is 0 Å². The molecule has 6 heterocycles. The Morgan fingerprint density at radius 2 is 1.07 bits per heavy atom. The van der Waals surface area contributed by atoms with Gasteiger partial charge in [-0.05, 0) is 146 Å². The second kappa shape index (κ2) is 16.1. The van der Waals surface area contributed by atoms with Crippen molar-refractivity contribution in [1.82, 2.24) is 24.9 Å². The van der Waals surface area contributed by atoms with Crippen LogP contribution in [-0.2, 0) is 5.41 Å². The quantitative estimate of drug-likeness (QED) is 0.164. The van der Waals surface area contributed by atoms with Gasteiger partial charge < -0.3 is 9.64 Å². The van der Waals surface area contributed by atoms with E-state index < -0.39 is 5.41 Å². The highest BCUT2D eigenvalue weighted by molar-refractivity contribution is 6.02. The summed E-state index contributed by atoms with van der Waals surface area (Å²) in [5.74, 6) is 1.62. The summed E-state index contributed by atoms with van der Waals surface area (Å²) in [5.41, 5.74) is 21.0. The van der Waals surface area contributed by atoms with Gasteiger partial charge in [0.15, 0.2) is 11.5 Å². The monoisotopic (exact) mass is 932 g/mol. The second-order valence-electron chi connectivity index (χ2n) is 18.8. The number of pyridine rings is 5. The van der Waals surface area contributed by atoms with E-state index in [0.29, 0.717) is 0 Å². The zero-order valence-electron chi connectivity index (χ0n) is 39.2. The Bertz CT molecular complexity index is 4150. The number of para-hydroxylation sites is 2. The van der Waals surface area contributed by atoms with Crippen molar-refractivity contribution in [3.63, 3.8) is 0 Å². The SMILES string of the molecule is c1cc(-c2cc(-c3ccncc3)nc(-c3ccncc3)c2)cc(-c2cnc3c(c2)C2(c4ccccc4-c4c2ccc2c4Oc4ccccc4N2c2cccc(-c4cccc5ccccc45)c2)c2cccnc2-3)c1. The van der Waals surface area contributed by atoms with E-state index in [9.17, 15) is 0 Å². The first-order chi connectivity index (χ1) is 36.2. The molecular weight excluding hydrogens is 893 g/mol. The predicted octanol–water partition coefficient (Wildman–Crippen LogP) is 16.1. The van der Waals surface area contributed by atoms with Gasteiger partial charge in [0, 0.05) is 70.7 Å². The summed E-state index contributed by atoms with van der Waals surface area (Å²) in [4.78, 5) is 26.5. The molecule has 1 spiro atoms. The van der Waals surface area contributed by atoms with Crippen molar-refractivity contribution in [3.8, 4) is 89.9 Å². The fourth-order valence-electron chi connectivity index (χ4n) is 11.8. The van der Waals surface area contributed by atoms with Crippen LogP contribution in [0.25, 0.3) is 89.2 Å². The van der Waals surface area contributed by atoms with Crippen molar-refractivity contribution in [1.29, 1.82) is 0 Å². The molecule has 1 aliphatic heterocycles. The molecule has 0 bridgehead atoms. The summed E-state index contributed by atoms with van der Waals surface area (Å²) in [7, 11) is 0. The molecule has 2 aliphatic carbocycles. The van der Waals surface area contributed by atoms with Gasteiger partial charge in [-0.25, -0.2) is 4.98 Å². The van der Waals surface area contributed by atoms with Crippen LogP contribution in [0.1, 0.15) is 22.3 Å². The number of ether oxygens (including phenoxy) is 1. The molecule has 0 fully saturated rings. The maximum atomic E-state index is 7.22. The maximum absolute atomic E-state index is 7.22. The fourth-order valence-corrected chi connectivity index (χ4v) is 11.8. The highest BCUT2D eigenvalue weighted by Gasteiger charge is 2.54. The fraction of sp³-hybridized carbons (Fsp3) is 0.0152. The molecule has 73 heavy (non-hydrogen) atoms. The molecule has 7 aromatic carbocycles. The highest BCUT2D eigenvalue weighted by atomic mass is 16.5. The lowest BCUT2D eigenvalue weighted by Gasteiger charge is -2.35. The van der Waals surface area contributed by atoms with Crippen LogP contribution in [0.15, 0.2) is 243 Å². The minimum atomic E-state index is -0.732. The molecule has 1 unspecified atom stereocenters. The molecule has 0 saturated carbocycles. The number of aromatic nitrogens is 5. The average molecular weight is 933 g/mol. The van der Waals surface area contributed by atoms with Crippen LogP contribution in [0.4, 0.5) is 17.1 Å². The summed E-state index contributed by atoms with van der Waals surface area (Å²) in [5, 5.41) is 2.44. The third-order valence-electron chi connectivity index (χ3n) is 14.9. The maximum Gasteiger partial charge on any atom is 0.159 e. The van der Waals surface area contributed by atoms with E-state index in [0.717, 1.165) is 118 Å². The summed E-state index contributed by atoms with van der Waals surface area (Å²) >= 11 is 0. The molecule has 0 amide bonds. The third-order valence-corrected chi connectivity index (χ3v) is 14.9. The first kappa shape index (κ1) is 41.0. The smallest absolute Gasteiger partial charge is 0.159 e. The minimum absolute atomic E-state index is 0.732. The van der Waals surface area contributed by atoms with E-state index in [2.05, 4.69) is 197 Å². The molecule has 1 atom stereocenters. The molecular formula is C66H40N6O. The van der Waals surface area contributed by atoms with Crippen LogP contribution >= 0.6 is 0 Å². The number of hydrogen-bond donors (Lipinski definition) is 0. The van der Waals surface area contributed by atoms with E-state index >= 15 is 0 Å². The minimum Gasteiger partial charge on any atom is -0.452 e. The van der Waals surface area contributed by atoms with E-state index in [4.69, 9.17) is 19.7 Å². The van der Waals surface area contributed by atoms with Crippen LogP contribution in [0.5, 0.6) is 11.5 Å². The summed E-state index contributed by atoms with van der Waals surface area (Å²) < 4.78 is 7.22. The molecule has 3 aliphatic rings. The Kier molecular flexibility index (Phi) is 9.04. The Hall–Kier alpha value is -9.85. The van der Waals surface area contributed by atoms with Gasteiger partial charge in [0.05, 0.1) is 39.6 Å². The molecule has 340 valence electrons. The van der Waals surface area contributed by atoms with Gasteiger partial charge in [-0.1, -0.05) is 121 Å². The van der Waals surface area contributed by atoms with Crippen molar-refractivity contribution < 1.29 is 4.74 Å².